The van der Waals surface area contributed by atoms with Crippen LogP contribution in [0.25, 0.3) is 0 Å². The van der Waals surface area contributed by atoms with Crippen LogP contribution in [0.5, 0.6) is 0 Å². The van der Waals surface area contributed by atoms with Crippen molar-refractivity contribution in [2.45, 2.75) is 25.8 Å². The molecule has 1 saturated heterocycles. The first-order valence-corrected chi connectivity index (χ1v) is 8.91. The topological polar surface area (TPSA) is 87.7 Å². The zero-order valence-corrected chi connectivity index (χ0v) is 15.4. The van der Waals surface area contributed by atoms with E-state index in [1.807, 2.05) is 6.07 Å². The largest absolute Gasteiger partial charge is 0.383 e. The molecule has 7 nitrogen and oxygen atoms in total. The summed E-state index contributed by atoms with van der Waals surface area (Å²) in [5.41, 5.74) is 0.517. The van der Waals surface area contributed by atoms with E-state index >= 15 is 0 Å². The monoisotopic (exact) mass is 361 g/mol. The van der Waals surface area contributed by atoms with Crippen LogP contribution < -0.4 is 10.6 Å². The lowest BCUT2D eigenvalue weighted by Gasteiger charge is -2.35. The normalized spacial score (nSPS) is 16.0. The number of hydrogen-bond acceptors (Lipinski definition) is 4. The van der Waals surface area contributed by atoms with Crippen molar-refractivity contribution in [3.63, 3.8) is 0 Å². The highest BCUT2D eigenvalue weighted by Gasteiger charge is 2.33. The lowest BCUT2D eigenvalue weighted by Crippen LogP contribution is -2.54. The van der Waals surface area contributed by atoms with Crippen molar-refractivity contribution in [2.24, 2.45) is 5.92 Å². The van der Waals surface area contributed by atoms with Crippen molar-refractivity contribution in [1.29, 1.82) is 0 Å². The maximum atomic E-state index is 12.6. The fourth-order valence-electron chi connectivity index (χ4n) is 3.15. The van der Waals surface area contributed by atoms with E-state index < -0.39 is 6.04 Å². The average molecular weight is 361 g/mol. The third-order valence-corrected chi connectivity index (χ3v) is 4.67. The molecule has 1 aliphatic heterocycles. The van der Waals surface area contributed by atoms with E-state index in [0.717, 1.165) is 0 Å². The van der Waals surface area contributed by atoms with Crippen LogP contribution in [0.3, 0.4) is 0 Å². The van der Waals surface area contributed by atoms with Gasteiger partial charge in [-0.05, 0) is 30.9 Å². The molecule has 2 rings (SSSR count). The van der Waals surface area contributed by atoms with Gasteiger partial charge in [0.25, 0.3) is 5.91 Å². The Morgan fingerprint density at radius 3 is 2.42 bits per heavy atom. The number of piperidine rings is 1. The Balaban J connectivity index is 2.05. The average Bonchev–Trinajstić information content (AvgIpc) is 2.66. The standard InChI is InChI=1S/C19H27N3O4/c1-14(23)22-11-8-15(9-12-22)17(19(25)20-10-13-26-2)21-18(24)16-6-4-3-5-7-16/h3-7,15,17H,8-13H2,1-2H3,(H,20,25)(H,21,24). The number of ether oxygens (including phenoxy) is 1. The summed E-state index contributed by atoms with van der Waals surface area (Å²) in [4.78, 5) is 38.4. The minimum Gasteiger partial charge on any atom is -0.383 e. The van der Waals surface area contributed by atoms with E-state index in [9.17, 15) is 14.4 Å². The summed E-state index contributed by atoms with van der Waals surface area (Å²) < 4.78 is 4.96. The number of nitrogens with zero attached hydrogens (tertiary/aromatic N) is 1. The second-order valence-electron chi connectivity index (χ2n) is 6.44. The molecular weight excluding hydrogens is 334 g/mol. The number of carbonyl (C=O) groups excluding carboxylic acids is 3. The molecule has 1 aromatic rings. The van der Waals surface area contributed by atoms with E-state index in [2.05, 4.69) is 10.6 Å². The molecule has 2 N–H and O–H groups in total. The van der Waals surface area contributed by atoms with Crippen LogP contribution in [-0.2, 0) is 14.3 Å². The molecule has 26 heavy (non-hydrogen) atoms. The maximum absolute atomic E-state index is 12.6. The molecule has 1 unspecified atom stereocenters. The summed E-state index contributed by atoms with van der Waals surface area (Å²) >= 11 is 0. The molecule has 1 aliphatic rings. The van der Waals surface area contributed by atoms with Gasteiger partial charge < -0.3 is 20.3 Å². The summed E-state index contributed by atoms with van der Waals surface area (Å²) in [6.45, 7) is 3.55. The van der Waals surface area contributed by atoms with Gasteiger partial charge in [0.2, 0.25) is 11.8 Å². The molecule has 0 aromatic heterocycles. The number of methoxy groups -OCH3 is 1. The van der Waals surface area contributed by atoms with Crippen LogP contribution in [0.2, 0.25) is 0 Å². The number of carbonyl (C=O) groups is 3. The highest BCUT2D eigenvalue weighted by Crippen LogP contribution is 2.21. The molecule has 0 saturated carbocycles. The van der Waals surface area contributed by atoms with E-state index in [0.29, 0.717) is 44.6 Å². The smallest absolute Gasteiger partial charge is 0.251 e. The van der Waals surface area contributed by atoms with Crippen LogP contribution in [-0.4, -0.2) is 62.0 Å². The van der Waals surface area contributed by atoms with Gasteiger partial charge in [-0.2, -0.15) is 0 Å². The molecule has 1 heterocycles. The minimum atomic E-state index is -0.631. The Hall–Kier alpha value is -2.41. The minimum absolute atomic E-state index is 0.0131. The predicted octanol–water partition coefficient (Wildman–Crippen LogP) is 0.806. The first-order chi connectivity index (χ1) is 12.5. The lowest BCUT2D eigenvalue weighted by atomic mass is 9.88. The fraction of sp³-hybridized carbons (Fsp3) is 0.526. The lowest BCUT2D eigenvalue weighted by molar-refractivity contribution is -0.130. The van der Waals surface area contributed by atoms with Crippen LogP contribution >= 0.6 is 0 Å². The molecule has 3 amide bonds. The van der Waals surface area contributed by atoms with Gasteiger partial charge in [0.1, 0.15) is 6.04 Å². The molecule has 1 fully saturated rings. The van der Waals surface area contributed by atoms with Gasteiger partial charge in [-0.1, -0.05) is 18.2 Å². The summed E-state index contributed by atoms with van der Waals surface area (Å²) in [6.07, 6.45) is 1.36. The van der Waals surface area contributed by atoms with Gasteiger partial charge in [0.05, 0.1) is 6.61 Å². The van der Waals surface area contributed by atoms with E-state index in [1.54, 1.807) is 43.2 Å². The van der Waals surface area contributed by atoms with Crippen LogP contribution in [0.4, 0.5) is 0 Å². The first kappa shape index (κ1) is 19.9. The Kier molecular flexibility index (Phi) is 7.59. The van der Waals surface area contributed by atoms with Crippen LogP contribution in [0, 0.1) is 5.92 Å². The van der Waals surface area contributed by atoms with Crippen molar-refractivity contribution in [3.05, 3.63) is 35.9 Å². The van der Waals surface area contributed by atoms with Crippen molar-refractivity contribution >= 4 is 17.7 Å². The molecule has 0 spiro atoms. The van der Waals surface area contributed by atoms with Gasteiger partial charge in [-0.15, -0.1) is 0 Å². The highest BCUT2D eigenvalue weighted by molar-refractivity contribution is 5.97. The molecule has 142 valence electrons. The summed E-state index contributed by atoms with van der Waals surface area (Å²) in [7, 11) is 1.57. The zero-order valence-electron chi connectivity index (χ0n) is 15.4. The Morgan fingerprint density at radius 1 is 1.19 bits per heavy atom. The number of nitrogens with one attached hydrogen (secondary N) is 2. The predicted molar refractivity (Wildman–Crippen MR) is 97.6 cm³/mol. The fourth-order valence-corrected chi connectivity index (χ4v) is 3.15. The number of hydrogen-bond donors (Lipinski definition) is 2. The third-order valence-electron chi connectivity index (χ3n) is 4.67. The van der Waals surface area contributed by atoms with Gasteiger partial charge in [0, 0.05) is 39.2 Å². The third kappa shape index (κ3) is 5.56. The molecule has 1 atom stereocenters. The van der Waals surface area contributed by atoms with E-state index in [4.69, 9.17) is 4.74 Å². The van der Waals surface area contributed by atoms with E-state index in [1.165, 1.54) is 0 Å². The summed E-state index contributed by atoms with van der Waals surface area (Å²) in [5.74, 6) is -0.460. The molecule has 0 bridgehead atoms. The van der Waals surface area contributed by atoms with Crippen LogP contribution in [0.1, 0.15) is 30.1 Å². The van der Waals surface area contributed by atoms with Crippen molar-refractivity contribution in [3.8, 4) is 0 Å². The Bertz CT molecular complexity index is 612. The van der Waals surface area contributed by atoms with Gasteiger partial charge in [-0.25, -0.2) is 0 Å². The van der Waals surface area contributed by atoms with Crippen LogP contribution in [0.15, 0.2) is 30.3 Å². The number of likely N-dealkylation sites (tertiary alicyclic amines) is 1. The molecule has 0 radical (unpaired) electrons. The second kappa shape index (κ2) is 9.91. The van der Waals surface area contributed by atoms with Crippen molar-refractivity contribution < 1.29 is 19.1 Å². The molecule has 1 aromatic carbocycles. The van der Waals surface area contributed by atoms with Gasteiger partial charge in [-0.3, -0.25) is 14.4 Å². The maximum Gasteiger partial charge on any atom is 0.251 e. The number of rotatable bonds is 7. The van der Waals surface area contributed by atoms with Crippen molar-refractivity contribution in [2.75, 3.05) is 33.4 Å². The van der Waals surface area contributed by atoms with Gasteiger partial charge >= 0.3 is 0 Å². The quantitative estimate of drug-likeness (QED) is 0.704. The second-order valence-corrected chi connectivity index (χ2v) is 6.44. The Morgan fingerprint density at radius 2 is 1.85 bits per heavy atom. The molecular formula is C19H27N3O4. The molecule has 7 heteroatoms. The SMILES string of the molecule is COCCNC(=O)C(NC(=O)c1ccccc1)C1CCN(C(C)=O)CC1. The van der Waals surface area contributed by atoms with E-state index in [-0.39, 0.29) is 23.6 Å². The highest BCUT2D eigenvalue weighted by atomic mass is 16.5. The number of benzene rings is 1. The van der Waals surface area contributed by atoms with Gasteiger partial charge in [0.15, 0.2) is 0 Å². The zero-order chi connectivity index (χ0) is 18.9. The first-order valence-electron chi connectivity index (χ1n) is 8.91. The number of amides is 3. The Labute approximate surface area is 154 Å². The summed E-state index contributed by atoms with van der Waals surface area (Å²) in [5, 5.41) is 5.69. The molecule has 0 aliphatic carbocycles. The van der Waals surface area contributed by atoms with Crippen molar-refractivity contribution in [1.82, 2.24) is 15.5 Å². The summed E-state index contributed by atoms with van der Waals surface area (Å²) in [6, 6.07) is 8.21.